The van der Waals surface area contributed by atoms with E-state index in [1.807, 2.05) is 25.1 Å². The molecular weight excluding hydrogens is 214 g/mol. The summed E-state index contributed by atoms with van der Waals surface area (Å²) < 4.78 is 0. The summed E-state index contributed by atoms with van der Waals surface area (Å²) >= 11 is 0. The number of hydrogen-bond acceptors (Lipinski definition) is 2. The van der Waals surface area contributed by atoms with Crippen molar-refractivity contribution in [1.29, 1.82) is 0 Å². The fourth-order valence-electron chi connectivity index (χ4n) is 3.25. The van der Waals surface area contributed by atoms with E-state index < -0.39 is 5.41 Å². The fourth-order valence-corrected chi connectivity index (χ4v) is 3.25. The van der Waals surface area contributed by atoms with Crippen LogP contribution in [0.5, 0.6) is 0 Å². The molecule has 3 rings (SSSR count). The molecule has 1 unspecified atom stereocenters. The molecule has 2 amide bonds. The van der Waals surface area contributed by atoms with Crippen LogP contribution in [-0.2, 0) is 16.6 Å². The Labute approximate surface area is 100 Å². The first-order chi connectivity index (χ1) is 8.05. The van der Waals surface area contributed by atoms with Crippen molar-refractivity contribution < 1.29 is 9.59 Å². The molecule has 0 saturated carbocycles. The number of nitrogens with zero attached hydrogens (tertiary/aromatic N) is 1. The molecule has 1 aromatic carbocycles. The maximum atomic E-state index is 12.3. The average molecular weight is 229 g/mol. The van der Waals surface area contributed by atoms with Gasteiger partial charge in [0.15, 0.2) is 0 Å². The molecule has 88 valence electrons. The Morgan fingerprint density at radius 2 is 2.06 bits per heavy atom. The molecule has 3 heteroatoms. The van der Waals surface area contributed by atoms with Crippen molar-refractivity contribution in [2.45, 2.75) is 31.6 Å². The first-order valence-electron chi connectivity index (χ1n) is 6.00. The van der Waals surface area contributed by atoms with Gasteiger partial charge in [-0.25, -0.2) is 0 Å². The molecule has 3 nitrogen and oxygen atoms in total. The molecule has 0 N–H and O–H groups in total. The van der Waals surface area contributed by atoms with Crippen LogP contribution in [0.15, 0.2) is 18.2 Å². The number of imide groups is 1. The number of carbonyl (C=O) groups is 2. The molecule has 1 aliphatic carbocycles. The van der Waals surface area contributed by atoms with Crippen LogP contribution in [0, 0.1) is 0 Å². The van der Waals surface area contributed by atoms with E-state index in [0.717, 1.165) is 24.8 Å². The molecular formula is C14H15NO2. The lowest BCUT2D eigenvalue weighted by atomic mass is 9.67. The van der Waals surface area contributed by atoms with Crippen LogP contribution in [0.2, 0.25) is 0 Å². The SMILES string of the molecule is CN1C(=O)c2cccc3c2C(C)(CCC3)C1=O. The Kier molecular flexibility index (Phi) is 1.97. The predicted octanol–water partition coefficient (Wildman–Crippen LogP) is 1.89. The summed E-state index contributed by atoms with van der Waals surface area (Å²) in [5.41, 5.74) is 2.38. The highest BCUT2D eigenvalue weighted by Gasteiger charge is 2.48. The topological polar surface area (TPSA) is 37.4 Å². The average Bonchev–Trinajstić information content (AvgIpc) is 2.34. The normalized spacial score (nSPS) is 27.1. The van der Waals surface area contributed by atoms with Gasteiger partial charge in [-0.05, 0) is 43.4 Å². The Morgan fingerprint density at radius 3 is 2.82 bits per heavy atom. The van der Waals surface area contributed by atoms with Gasteiger partial charge >= 0.3 is 0 Å². The maximum absolute atomic E-state index is 12.3. The molecule has 1 atom stereocenters. The number of amides is 2. The van der Waals surface area contributed by atoms with Crippen LogP contribution in [0.3, 0.4) is 0 Å². The molecule has 0 saturated heterocycles. The van der Waals surface area contributed by atoms with Gasteiger partial charge in [0.1, 0.15) is 0 Å². The summed E-state index contributed by atoms with van der Waals surface area (Å²) in [6, 6.07) is 5.80. The molecule has 1 aliphatic heterocycles. The second-order valence-corrected chi connectivity index (χ2v) is 5.19. The summed E-state index contributed by atoms with van der Waals surface area (Å²) in [6.45, 7) is 1.97. The number of likely N-dealkylation sites (N-methyl/N-ethyl adjacent to an activating group) is 1. The van der Waals surface area contributed by atoms with Gasteiger partial charge in [-0.3, -0.25) is 14.5 Å². The van der Waals surface area contributed by atoms with Crippen LogP contribution in [-0.4, -0.2) is 23.8 Å². The minimum atomic E-state index is -0.493. The van der Waals surface area contributed by atoms with E-state index in [1.165, 1.54) is 10.5 Å². The van der Waals surface area contributed by atoms with E-state index in [9.17, 15) is 9.59 Å². The fraction of sp³-hybridized carbons (Fsp3) is 0.429. The van der Waals surface area contributed by atoms with Crippen LogP contribution in [0.1, 0.15) is 41.3 Å². The highest BCUT2D eigenvalue weighted by molar-refractivity contribution is 6.13. The van der Waals surface area contributed by atoms with E-state index in [2.05, 4.69) is 0 Å². The predicted molar refractivity (Wildman–Crippen MR) is 63.8 cm³/mol. The van der Waals surface area contributed by atoms with E-state index in [4.69, 9.17) is 0 Å². The van der Waals surface area contributed by atoms with Crippen molar-refractivity contribution in [1.82, 2.24) is 4.90 Å². The van der Waals surface area contributed by atoms with Gasteiger partial charge in [-0.15, -0.1) is 0 Å². The smallest absolute Gasteiger partial charge is 0.260 e. The number of aryl methyl sites for hydroxylation is 1. The molecule has 1 heterocycles. The maximum Gasteiger partial charge on any atom is 0.260 e. The molecule has 0 fully saturated rings. The van der Waals surface area contributed by atoms with Crippen molar-refractivity contribution >= 4 is 11.8 Å². The zero-order valence-electron chi connectivity index (χ0n) is 10.1. The zero-order chi connectivity index (χ0) is 12.2. The first kappa shape index (κ1) is 10.5. The molecule has 0 spiro atoms. The second-order valence-electron chi connectivity index (χ2n) is 5.19. The van der Waals surface area contributed by atoms with Crippen molar-refractivity contribution in [3.63, 3.8) is 0 Å². The highest BCUT2D eigenvalue weighted by Crippen LogP contribution is 2.43. The Morgan fingerprint density at radius 1 is 1.29 bits per heavy atom. The van der Waals surface area contributed by atoms with Gasteiger partial charge in [0.2, 0.25) is 5.91 Å². The van der Waals surface area contributed by atoms with E-state index in [1.54, 1.807) is 7.05 Å². The number of carbonyl (C=O) groups excluding carboxylic acids is 2. The summed E-state index contributed by atoms with van der Waals surface area (Å²) in [4.78, 5) is 25.7. The lowest BCUT2D eigenvalue weighted by molar-refractivity contribution is -0.134. The third-order valence-corrected chi connectivity index (χ3v) is 4.14. The molecule has 0 aromatic heterocycles. The van der Waals surface area contributed by atoms with Gasteiger partial charge in [0.25, 0.3) is 5.91 Å². The zero-order valence-corrected chi connectivity index (χ0v) is 10.1. The number of benzene rings is 1. The van der Waals surface area contributed by atoms with E-state index >= 15 is 0 Å². The lowest BCUT2D eigenvalue weighted by Gasteiger charge is -2.42. The van der Waals surface area contributed by atoms with Gasteiger partial charge in [0, 0.05) is 12.6 Å². The summed E-state index contributed by atoms with van der Waals surface area (Å²) in [7, 11) is 1.58. The highest BCUT2D eigenvalue weighted by atomic mass is 16.2. The van der Waals surface area contributed by atoms with Crippen LogP contribution < -0.4 is 0 Å². The molecule has 1 aromatic rings. The van der Waals surface area contributed by atoms with Crippen molar-refractivity contribution in [3.8, 4) is 0 Å². The van der Waals surface area contributed by atoms with E-state index in [0.29, 0.717) is 5.56 Å². The number of rotatable bonds is 0. The van der Waals surface area contributed by atoms with Gasteiger partial charge in [0.05, 0.1) is 5.41 Å². The quantitative estimate of drug-likeness (QED) is 0.637. The van der Waals surface area contributed by atoms with Gasteiger partial charge < -0.3 is 0 Å². The standard InChI is InChI=1S/C14H15NO2/c1-14-8-4-6-9-5-3-7-10(11(9)14)12(16)15(2)13(14)17/h3,5,7H,4,6,8H2,1-2H3. The summed E-state index contributed by atoms with van der Waals surface area (Å²) in [6.07, 6.45) is 2.83. The summed E-state index contributed by atoms with van der Waals surface area (Å²) in [5.74, 6) is -0.214. The van der Waals surface area contributed by atoms with Crippen molar-refractivity contribution in [2.75, 3.05) is 7.05 Å². The molecule has 2 aliphatic rings. The minimum absolute atomic E-state index is 0.0536. The van der Waals surface area contributed by atoms with E-state index in [-0.39, 0.29) is 11.8 Å². The minimum Gasteiger partial charge on any atom is -0.281 e. The van der Waals surface area contributed by atoms with Crippen LogP contribution in [0.4, 0.5) is 0 Å². The lowest BCUT2D eigenvalue weighted by Crippen LogP contribution is -2.52. The second kappa shape index (κ2) is 3.19. The Bertz CT molecular complexity index is 535. The number of hydrogen-bond donors (Lipinski definition) is 0. The third kappa shape index (κ3) is 1.17. The summed E-state index contributed by atoms with van der Waals surface area (Å²) in [5, 5.41) is 0. The van der Waals surface area contributed by atoms with Gasteiger partial charge in [-0.2, -0.15) is 0 Å². The Balaban J connectivity index is 2.36. The largest absolute Gasteiger partial charge is 0.281 e. The molecule has 17 heavy (non-hydrogen) atoms. The Hall–Kier alpha value is -1.64. The van der Waals surface area contributed by atoms with Crippen molar-refractivity contribution in [3.05, 3.63) is 34.9 Å². The van der Waals surface area contributed by atoms with Crippen LogP contribution >= 0.6 is 0 Å². The molecule has 0 radical (unpaired) electrons. The monoisotopic (exact) mass is 229 g/mol. The van der Waals surface area contributed by atoms with Crippen LogP contribution in [0.25, 0.3) is 0 Å². The molecule has 0 bridgehead atoms. The van der Waals surface area contributed by atoms with Crippen molar-refractivity contribution in [2.24, 2.45) is 0 Å². The third-order valence-electron chi connectivity index (χ3n) is 4.14. The van der Waals surface area contributed by atoms with Gasteiger partial charge in [-0.1, -0.05) is 12.1 Å². The first-order valence-corrected chi connectivity index (χ1v) is 6.00.